The van der Waals surface area contributed by atoms with Crippen molar-refractivity contribution < 1.29 is 18.8 Å². The molecule has 0 aliphatic heterocycles. The van der Waals surface area contributed by atoms with Crippen LogP contribution in [0, 0.1) is 0 Å². The summed E-state index contributed by atoms with van der Waals surface area (Å²) < 4.78 is 16.9. The van der Waals surface area contributed by atoms with Crippen molar-refractivity contribution in [3.63, 3.8) is 0 Å². The molecule has 1 aliphatic rings. The van der Waals surface area contributed by atoms with Gasteiger partial charge in [0.15, 0.2) is 0 Å². The molecule has 1 aliphatic carbocycles. The van der Waals surface area contributed by atoms with Crippen molar-refractivity contribution in [1.29, 1.82) is 0 Å². The summed E-state index contributed by atoms with van der Waals surface area (Å²) in [5.74, 6) is 0.655. The number of hydrogen-bond acceptors (Lipinski definition) is 6. The first kappa shape index (κ1) is 20.7. The molecule has 0 spiro atoms. The number of rotatable bonds is 6. The van der Waals surface area contributed by atoms with Gasteiger partial charge in [-0.2, -0.15) is 4.98 Å². The molecule has 6 nitrogen and oxygen atoms in total. The standard InChI is InChI=1S/C22H20Cl2N2O4/c1-13(27)28-20(14-9-11-16(12-10-14)29-15-5-2-3-6-15)22-25-21(26-30-22)19-17(23)7-4-8-18(19)24/h4,7-12,15,20H,2-3,5-6H2,1H3. The molecule has 1 aromatic heterocycles. The Morgan fingerprint density at radius 2 is 1.77 bits per heavy atom. The highest BCUT2D eigenvalue weighted by atomic mass is 35.5. The second-order valence-corrected chi connectivity index (χ2v) is 7.95. The molecule has 1 atom stereocenters. The lowest BCUT2D eigenvalue weighted by molar-refractivity contribution is -0.145. The highest BCUT2D eigenvalue weighted by molar-refractivity contribution is 6.38. The van der Waals surface area contributed by atoms with Gasteiger partial charge in [0.25, 0.3) is 5.89 Å². The molecule has 1 unspecified atom stereocenters. The smallest absolute Gasteiger partial charge is 0.303 e. The Bertz CT molecular complexity index is 1010. The number of halogens is 2. The fourth-order valence-corrected chi connectivity index (χ4v) is 4.07. The van der Waals surface area contributed by atoms with Crippen molar-refractivity contribution in [3.05, 3.63) is 64.0 Å². The predicted octanol–water partition coefficient (Wildman–Crippen LogP) is 6.02. The van der Waals surface area contributed by atoms with E-state index in [2.05, 4.69) is 10.1 Å². The molecule has 0 saturated heterocycles. The number of ether oxygens (including phenoxy) is 2. The lowest BCUT2D eigenvalue weighted by Gasteiger charge is -2.16. The summed E-state index contributed by atoms with van der Waals surface area (Å²) in [7, 11) is 0. The van der Waals surface area contributed by atoms with E-state index in [1.807, 2.05) is 24.3 Å². The average molecular weight is 447 g/mol. The van der Waals surface area contributed by atoms with Crippen LogP contribution >= 0.6 is 23.2 Å². The molecule has 0 N–H and O–H groups in total. The van der Waals surface area contributed by atoms with Gasteiger partial charge < -0.3 is 14.0 Å². The third-order valence-electron chi connectivity index (χ3n) is 4.92. The van der Waals surface area contributed by atoms with E-state index in [-0.39, 0.29) is 17.8 Å². The highest BCUT2D eigenvalue weighted by Gasteiger charge is 2.26. The third-order valence-corrected chi connectivity index (χ3v) is 5.55. The van der Waals surface area contributed by atoms with Crippen molar-refractivity contribution in [3.8, 4) is 17.1 Å². The fourth-order valence-electron chi connectivity index (χ4n) is 3.50. The molecule has 3 aromatic rings. The molecule has 0 radical (unpaired) electrons. The number of hydrogen-bond donors (Lipinski definition) is 0. The lowest BCUT2D eigenvalue weighted by atomic mass is 10.1. The van der Waals surface area contributed by atoms with Crippen molar-refractivity contribution in [2.75, 3.05) is 0 Å². The predicted molar refractivity (Wildman–Crippen MR) is 113 cm³/mol. The normalized spacial score (nSPS) is 15.2. The summed E-state index contributed by atoms with van der Waals surface area (Å²) >= 11 is 12.5. The summed E-state index contributed by atoms with van der Waals surface area (Å²) in [4.78, 5) is 16.1. The molecule has 0 amide bonds. The van der Waals surface area contributed by atoms with Gasteiger partial charge in [-0.25, -0.2) is 0 Å². The first-order valence-corrected chi connectivity index (χ1v) is 10.5. The largest absolute Gasteiger partial charge is 0.490 e. The Morgan fingerprint density at radius 1 is 1.10 bits per heavy atom. The van der Waals surface area contributed by atoms with Gasteiger partial charge in [-0.1, -0.05) is 46.6 Å². The van der Waals surface area contributed by atoms with Crippen molar-refractivity contribution in [1.82, 2.24) is 10.1 Å². The average Bonchev–Trinajstić information content (AvgIpc) is 3.39. The molecule has 1 heterocycles. The Kier molecular flexibility index (Phi) is 6.25. The molecule has 30 heavy (non-hydrogen) atoms. The van der Waals surface area contributed by atoms with Crippen LogP contribution in [-0.2, 0) is 9.53 Å². The lowest BCUT2D eigenvalue weighted by Crippen LogP contribution is -2.12. The van der Waals surface area contributed by atoms with E-state index in [9.17, 15) is 4.79 Å². The topological polar surface area (TPSA) is 74.5 Å². The summed E-state index contributed by atoms with van der Waals surface area (Å²) in [6.07, 6.45) is 3.96. The van der Waals surface area contributed by atoms with Gasteiger partial charge in [-0.15, -0.1) is 0 Å². The van der Waals surface area contributed by atoms with E-state index in [0.29, 0.717) is 21.2 Å². The molecule has 2 aromatic carbocycles. The zero-order chi connectivity index (χ0) is 21.1. The van der Waals surface area contributed by atoms with Gasteiger partial charge in [-0.3, -0.25) is 4.79 Å². The van der Waals surface area contributed by atoms with Gasteiger partial charge in [-0.05, 0) is 49.9 Å². The van der Waals surface area contributed by atoms with Crippen molar-refractivity contribution in [2.24, 2.45) is 0 Å². The monoisotopic (exact) mass is 446 g/mol. The summed E-state index contributed by atoms with van der Waals surface area (Å²) in [6.45, 7) is 1.33. The molecule has 8 heteroatoms. The SMILES string of the molecule is CC(=O)OC(c1ccc(OC2CCCC2)cc1)c1nc(-c2c(Cl)cccc2Cl)no1. The minimum absolute atomic E-state index is 0.126. The van der Waals surface area contributed by atoms with Gasteiger partial charge in [0.1, 0.15) is 5.75 Å². The molecule has 0 bridgehead atoms. The van der Waals surface area contributed by atoms with Crippen LogP contribution in [0.3, 0.4) is 0 Å². The van der Waals surface area contributed by atoms with Crippen LogP contribution in [0.25, 0.3) is 11.4 Å². The van der Waals surface area contributed by atoms with E-state index in [4.69, 9.17) is 37.2 Å². The first-order chi connectivity index (χ1) is 14.5. The number of nitrogens with zero attached hydrogens (tertiary/aromatic N) is 2. The van der Waals surface area contributed by atoms with E-state index >= 15 is 0 Å². The van der Waals surface area contributed by atoms with E-state index in [1.165, 1.54) is 19.8 Å². The summed E-state index contributed by atoms with van der Waals surface area (Å²) in [5.41, 5.74) is 1.14. The fraction of sp³-hybridized carbons (Fsp3) is 0.318. The van der Waals surface area contributed by atoms with Crippen molar-refractivity contribution in [2.45, 2.75) is 44.8 Å². The number of carbonyl (C=O) groups excluding carboxylic acids is 1. The third kappa shape index (κ3) is 4.60. The second-order valence-electron chi connectivity index (χ2n) is 7.14. The zero-order valence-corrected chi connectivity index (χ0v) is 17.8. The summed E-state index contributed by atoms with van der Waals surface area (Å²) in [5, 5.41) is 4.77. The molecule has 4 rings (SSSR count). The van der Waals surface area contributed by atoms with E-state index in [0.717, 1.165) is 18.6 Å². The van der Waals surface area contributed by atoms with E-state index in [1.54, 1.807) is 18.2 Å². The maximum absolute atomic E-state index is 11.7. The molecule has 156 valence electrons. The van der Waals surface area contributed by atoms with Crippen LogP contribution in [0.5, 0.6) is 5.75 Å². The van der Waals surface area contributed by atoms with Crippen LogP contribution in [0.4, 0.5) is 0 Å². The summed E-state index contributed by atoms with van der Waals surface area (Å²) in [6, 6.07) is 12.5. The first-order valence-electron chi connectivity index (χ1n) is 9.73. The zero-order valence-electron chi connectivity index (χ0n) is 16.3. The maximum Gasteiger partial charge on any atom is 0.303 e. The number of aromatic nitrogens is 2. The number of esters is 1. The Hall–Kier alpha value is -2.57. The van der Waals surface area contributed by atoms with Gasteiger partial charge in [0.05, 0.1) is 21.7 Å². The minimum Gasteiger partial charge on any atom is -0.490 e. The quantitative estimate of drug-likeness (QED) is 0.431. The minimum atomic E-state index is -0.856. The van der Waals surface area contributed by atoms with Gasteiger partial charge in [0, 0.05) is 12.5 Å². The maximum atomic E-state index is 11.7. The van der Waals surface area contributed by atoms with Gasteiger partial charge in [0.2, 0.25) is 11.9 Å². The Balaban J connectivity index is 1.60. The second kappa shape index (κ2) is 9.06. The molecule has 1 fully saturated rings. The molecular formula is C22H20Cl2N2O4. The van der Waals surface area contributed by atoms with Crippen molar-refractivity contribution >= 4 is 29.2 Å². The number of carbonyl (C=O) groups is 1. The van der Waals surface area contributed by atoms with Crippen LogP contribution < -0.4 is 4.74 Å². The number of benzene rings is 2. The van der Waals surface area contributed by atoms with Crippen LogP contribution in [0.15, 0.2) is 47.0 Å². The Morgan fingerprint density at radius 3 is 2.40 bits per heavy atom. The molecule has 1 saturated carbocycles. The molecular weight excluding hydrogens is 427 g/mol. The highest BCUT2D eigenvalue weighted by Crippen LogP contribution is 2.35. The van der Waals surface area contributed by atoms with Gasteiger partial charge >= 0.3 is 5.97 Å². The Labute approximate surface area is 184 Å². The van der Waals surface area contributed by atoms with Crippen LogP contribution in [0.1, 0.15) is 50.2 Å². The van der Waals surface area contributed by atoms with Crippen LogP contribution in [0.2, 0.25) is 10.0 Å². The van der Waals surface area contributed by atoms with E-state index < -0.39 is 12.1 Å². The van der Waals surface area contributed by atoms with Crippen LogP contribution in [-0.4, -0.2) is 22.2 Å².